The van der Waals surface area contributed by atoms with Crippen LogP contribution in [-0.4, -0.2) is 53.2 Å². The summed E-state index contributed by atoms with van der Waals surface area (Å²) in [5, 5.41) is 9.58. The standard InChI is InChI=1S/C12H15F4N3O2/c13-11(14)12(15,16)7-21-10-5-17-4-9(18-10)19-3-1-2-8(20)6-19/h4-5,8,11,20H,1-3,6-7H2. The predicted molar refractivity (Wildman–Crippen MR) is 65.9 cm³/mol. The lowest BCUT2D eigenvalue weighted by molar-refractivity contribution is -0.148. The summed E-state index contributed by atoms with van der Waals surface area (Å²) in [5.41, 5.74) is 0. The monoisotopic (exact) mass is 309 g/mol. The topological polar surface area (TPSA) is 58.5 Å². The lowest BCUT2D eigenvalue weighted by atomic mass is 10.1. The number of aliphatic hydroxyl groups excluding tert-OH is 1. The van der Waals surface area contributed by atoms with Crippen molar-refractivity contribution in [2.45, 2.75) is 31.3 Å². The fraction of sp³-hybridized carbons (Fsp3) is 0.667. The van der Waals surface area contributed by atoms with Gasteiger partial charge in [-0.15, -0.1) is 0 Å². The average molecular weight is 309 g/mol. The van der Waals surface area contributed by atoms with Gasteiger partial charge in [-0.1, -0.05) is 0 Å². The molecule has 1 atom stereocenters. The summed E-state index contributed by atoms with van der Waals surface area (Å²) in [4.78, 5) is 9.47. The van der Waals surface area contributed by atoms with Gasteiger partial charge in [-0.3, -0.25) is 4.98 Å². The van der Waals surface area contributed by atoms with Crippen molar-refractivity contribution in [2.24, 2.45) is 0 Å². The average Bonchev–Trinajstić information content (AvgIpc) is 2.45. The van der Waals surface area contributed by atoms with Crippen molar-refractivity contribution in [3.8, 4) is 5.88 Å². The molecule has 0 amide bonds. The number of rotatable bonds is 5. The number of ether oxygens (including phenoxy) is 1. The molecule has 118 valence electrons. The molecule has 5 nitrogen and oxygen atoms in total. The molecule has 0 aliphatic carbocycles. The smallest absolute Gasteiger partial charge is 0.340 e. The molecule has 1 fully saturated rings. The van der Waals surface area contributed by atoms with E-state index in [0.29, 0.717) is 25.3 Å². The Hall–Kier alpha value is -1.64. The van der Waals surface area contributed by atoms with E-state index < -0.39 is 25.1 Å². The highest BCUT2D eigenvalue weighted by molar-refractivity contribution is 5.38. The Morgan fingerprint density at radius 2 is 2.19 bits per heavy atom. The van der Waals surface area contributed by atoms with Crippen LogP contribution in [0.25, 0.3) is 0 Å². The summed E-state index contributed by atoms with van der Waals surface area (Å²) in [5.74, 6) is -4.14. The molecule has 1 unspecified atom stereocenters. The molecular formula is C12H15F4N3O2. The lowest BCUT2D eigenvalue weighted by Crippen LogP contribution is -2.38. The maximum atomic E-state index is 12.8. The minimum atomic E-state index is -4.24. The van der Waals surface area contributed by atoms with Gasteiger partial charge in [0.2, 0.25) is 5.88 Å². The van der Waals surface area contributed by atoms with E-state index in [4.69, 9.17) is 0 Å². The third kappa shape index (κ3) is 4.16. The van der Waals surface area contributed by atoms with Crippen molar-refractivity contribution < 1.29 is 27.4 Å². The Balaban J connectivity index is 2.01. The fourth-order valence-electron chi connectivity index (χ4n) is 1.96. The molecule has 2 heterocycles. The molecule has 1 aliphatic rings. The van der Waals surface area contributed by atoms with Crippen molar-refractivity contribution in [1.82, 2.24) is 9.97 Å². The molecule has 1 aromatic rings. The Bertz CT molecular complexity index is 476. The van der Waals surface area contributed by atoms with E-state index in [1.165, 1.54) is 6.20 Å². The molecule has 0 radical (unpaired) electrons. The zero-order valence-corrected chi connectivity index (χ0v) is 11.1. The van der Waals surface area contributed by atoms with Crippen molar-refractivity contribution in [3.05, 3.63) is 12.4 Å². The molecule has 1 N–H and O–H groups in total. The highest BCUT2D eigenvalue weighted by Gasteiger charge is 2.41. The number of nitrogens with zero attached hydrogens (tertiary/aromatic N) is 3. The third-order valence-electron chi connectivity index (χ3n) is 3.05. The Morgan fingerprint density at radius 3 is 2.86 bits per heavy atom. The largest absolute Gasteiger partial charge is 0.470 e. The maximum Gasteiger partial charge on any atom is 0.340 e. The van der Waals surface area contributed by atoms with Gasteiger partial charge in [-0.25, -0.2) is 8.78 Å². The van der Waals surface area contributed by atoms with Gasteiger partial charge in [-0.2, -0.15) is 13.8 Å². The van der Waals surface area contributed by atoms with Crippen LogP contribution in [0.5, 0.6) is 5.88 Å². The quantitative estimate of drug-likeness (QED) is 0.839. The summed E-state index contributed by atoms with van der Waals surface area (Å²) < 4.78 is 54.2. The van der Waals surface area contributed by atoms with Crippen LogP contribution in [0.3, 0.4) is 0 Å². The summed E-state index contributed by atoms with van der Waals surface area (Å²) in [7, 11) is 0. The van der Waals surface area contributed by atoms with Gasteiger partial charge in [0.25, 0.3) is 0 Å². The van der Waals surface area contributed by atoms with E-state index in [0.717, 1.165) is 12.6 Å². The number of hydrogen-bond acceptors (Lipinski definition) is 5. The van der Waals surface area contributed by atoms with Gasteiger partial charge in [0.05, 0.1) is 18.5 Å². The van der Waals surface area contributed by atoms with Gasteiger partial charge >= 0.3 is 12.3 Å². The number of aromatic nitrogens is 2. The summed E-state index contributed by atoms with van der Waals surface area (Å²) >= 11 is 0. The SMILES string of the molecule is OC1CCCN(c2cncc(OCC(F)(F)C(F)F)n2)C1. The number of piperidine rings is 1. The minimum Gasteiger partial charge on any atom is -0.470 e. The van der Waals surface area contributed by atoms with Crippen molar-refractivity contribution in [2.75, 3.05) is 24.6 Å². The zero-order chi connectivity index (χ0) is 15.5. The Morgan fingerprint density at radius 1 is 1.43 bits per heavy atom. The van der Waals surface area contributed by atoms with E-state index in [1.807, 2.05) is 0 Å². The number of β-amino-alcohol motifs (C(OH)–C–C–N with tert-alkyl or cyclic N) is 1. The number of hydrogen-bond donors (Lipinski definition) is 1. The van der Waals surface area contributed by atoms with Gasteiger partial charge in [0, 0.05) is 13.1 Å². The predicted octanol–water partition coefficient (Wildman–Crippen LogP) is 1.72. The van der Waals surface area contributed by atoms with E-state index in [-0.39, 0.29) is 5.88 Å². The van der Waals surface area contributed by atoms with Crippen LogP contribution < -0.4 is 9.64 Å². The molecular weight excluding hydrogens is 294 g/mol. The van der Waals surface area contributed by atoms with E-state index in [1.54, 1.807) is 4.90 Å². The first-order valence-corrected chi connectivity index (χ1v) is 6.42. The highest BCUT2D eigenvalue weighted by Crippen LogP contribution is 2.24. The molecule has 9 heteroatoms. The van der Waals surface area contributed by atoms with Crippen LogP contribution in [-0.2, 0) is 0 Å². The fourth-order valence-corrected chi connectivity index (χ4v) is 1.96. The van der Waals surface area contributed by atoms with Crippen molar-refractivity contribution in [1.29, 1.82) is 0 Å². The van der Waals surface area contributed by atoms with Crippen LogP contribution in [0.15, 0.2) is 12.4 Å². The number of alkyl halides is 4. The summed E-state index contributed by atoms with van der Waals surface area (Å²) in [6.45, 7) is -0.473. The number of halogens is 4. The molecule has 21 heavy (non-hydrogen) atoms. The molecule has 2 rings (SSSR count). The molecule has 1 aliphatic heterocycles. The van der Waals surface area contributed by atoms with E-state index in [9.17, 15) is 22.7 Å². The van der Waals surface area contributed by atoms with Crippen LogP contribution in [0, 0.1) is 0 Å². The molecule has 1 aromatic heterocycles. The number of aliphatic hydroxyl groups is 1. The Kier molecular flexibility index (Phi) is 4.81. The minimum absolute atomic E-state index is 0.257. The second-order valence-corrected chi connectivity index (χ2v) is 4.81. The molecule has 0 bridgehead atoms. The van der Waals surface area contributed by atoms with Gasteiger partial charge in [0.1, 0.15) is 0 Å². The summed E-state index contributed by atoms with van der Waals surface area (Å²) in [6.07, 6.45) is -0.376. The van der Waals surface area contributed by atoms with Gasteiger partial charge < -0.3 is 14.7 Å². The molecule has 0 saturated carbocycles. The molecule has 0 aromatic carbocycles. The van der Waals surface area contributed by atoms with Crippen LogP contribution in [0.2, 0.25) is 0 Å². The van der Waals surface area contributed by atoms with Crippen molar-refractivity contribution in [3.63, 3.8) is 0 Å². The van der Waals surface area contributed by atoms with Crippen LogP contribution in [0.4, 0.5) is 23.4 Å². The van der Waals surface area contributed by atoms with Crippen LogP contribution in [0.1, 0.15) is 12.8 Å². The number of anilines is 1. The Labute approximate surface area is 118 Å². The first-order chi connectivity index (χ1) is 9.88. The van der Waals surface area contributed by atoms with E-state index in [2.05, 4.69) is 14.7 Å². The van der Waals surface area contributed by atoms with Crippen molar-refractivity contribution >= 4 is 5.82 Å². The second kappa shape index (κ2) is 6.42. The normalized spacial score (nSPS) is 19.9. The molecule has 1 saturated heterocycles. The maximum absolute atomic E-state index is 12.8. The second-order valence-electron chi connectivity index (χ2n) is 4.81. The van der Waals surface area contributed by atoms with Crippen LogP contribution >= 0.6 is 0 Å². The van der Waals surface area contributed by atoms with E-state index >= 15 is 0 Å². The van der Waals surface area contributed by atoms with Gasteiger partial charge in [0.15, 0.2) is 12.4 Å². The summed E-state index contributed by atoms with van der Waals surface area (Å²) in [6, 6.07) is 0. The third-order valence-corrected chi connectivity index (χ3v) is 3.05. The van der Waals surface area contributed by atoms with Gasteiger partial charge in [-0.05, 0) is 12.8 Å². The lowest BCUT2D eigenvalue weighted by Gasteiger charge is -2.30. The first-order valence-electron chi connectivity index (χ1n) is 6.42. The first kappa shape index (κ1) is 15.7. The zero-order valence-electron chi connectivity index (χ0n) is 11.1. The molecule has 0 spiro atoms. The highest BCUT2D eigenvalue weighted by atomic mass is 19.3.